The van der Waals surface area contributed by atoms with Gasteiger partial charge in [0.15, 0.2) is 0 Å². The second kappa shape index (κ2) is 3.32. The summed E-state index contributed by atoms with van der Waals surface area (Å²) in [5.41, 5.74) is 0. The van der Waals surface area contributed by atoms with Gasteiger partial charge in [0, 0.05) is 0 Å². The first-order valence-electron chi connectivity index (χ1n) is 1.05. The van der Waals surface area contributed by atoms with Crippen LogP contribution in [0.2, 0.25) is 0 Å². The van der Waals surface area contributed by atoms with Gasteiger partial charge >= 0.3 is 6.47 Å². The molecule has 0 saturated heterocycles. The Morgan fingerprint density at radius 3 is 2.17 bits per heavy atom. The van der Waals surface area contributed by atoms with Crippen molar-refractivity contribution in [2.75, 3.05) is 0 Å². The van der Waals surface area contributed by atoms with E-state index in [4.69, 9.17) is 0 Å². The first kappa shape index (κ1) is 6.13. The number of thiol groups is 2. The van der Waals surface area contributed by atoms with Gasteiger partial charge in [-0.2, -0.15) is 0 Å². The molecule has 0 aliphatic rings. The number of carbonyl (C=O) groups is 1. The molecule has 0 saturated carbocycles. The van der Waals surface area contributed by atoms with Gasteiger partial charge in [-0.15, -0.1) is 0 Å². The van der Waals surface area contributed by atoms with Crippen molar-refractivity contribution in [2.24, 2.45) is 0 Å². The average Bonchev–Trinajstić information content (AvgIpc) is 1.35. The second-order valence-corrected chi connectivity index (χ2v) is 1.50. The normalized spacial score (nSPS) is 8.50. The topological polar surface area (TPSA) is 29.5 Å². The summed E-state index contributed by atoms with van der Waals surface area (Å²) < 4.78 is 0.701. The first-order chi connectivity index (χ1) is 2.77. The van der Waals surface area contributed by atoms with Gasteiger partial charge in [0.05, 0.1) is 0 Å². The molecule has 0 fully saturated rings. The maximum Gasteiger partial charge on any atom is 0.315 e. The fourth-order valence-electron chi connectivity index (χ4n) is 0.0385. The van der Waals surface area contributed by atoms with Crippen LogP contribution in [0, 0.1) is 0 Å². The lowest BCUT2D eigenvalue weighted by Crippen LogP contribution is -1.95. The quantitative estimate of drug-likeness (QED) is 0.311. The van der Waals surface area contributed by atoms with E-state index in [2.05, 4.69) is 30.5 Å². The van der Waals surface area contributed by atoms with Crippen LogP contribution < -0.4 is 0 Å². The highest BCUT2D eigenvalue weighted by atomic mass is 32.2. The molecule has 3 nitrogen and oxygen atoms in total. The molecule has 0 amide bonds. The Labute approximate surface area is 46.3 Å². The Balaban J connectivity index is 2.81. The molecule has 0 unspecified atom stereocenters. The van der Waals surface area contributed by atoms with Crippen molar-refractivity contribution < 1.29 is 9.63 Å². The molecule has 36 valence electrons. The summed E-state index contributed by atoms with van der Waals surface area (Å²) in [5.74, 6) is 0. The lowest BCUT2D eigenvalue weighted by atomic mass is 11.6. The van der Waals surface area contributed by atoms with Crippen LogP contribution in [0.15, 0.2) is 0 Å². The zero-order valence-corrected chi connectivity index (χ0v) is 4.52. The zero-order valence-electron chi connectivity index (χ0n) is 2.74. The smallest absolute Gasteiger partial charge is 0.315 e. The minimum Gasteiger partial charge on any atom is -0.350 e. The van der Waals surface area contributed by atoms with Crippen molar-refractivity contribution in [1.29, 1.82) is 0 Å². The van der Waals surface area contributed by atoms with Gasteiger partial charge in [-0.25, -0.2) is 0 Å². The number of carbonyl (C=O) groups excluding carboxylic acids is 1. The van der Waals surface area contributed by atoms with Gasteiger partial charge in [-0.05, 0) is 29.5 Å². The van der Waals surface area contributed by atoms with E-state index < -0.39 is 0 Å². The fourth-order valence-corrected chi connectivity index (χ4v) is 0.115. The van der Waals surface area contributed by atoms with Crippen LogP contribution in [0.1, 0.15) is 0 Å². The molecule has 0 atom stereocenters. The third-order valence-corrected chi connectivity index (χ3v) is 0.326. The monoisotopic (exact) mass is 125 g/mol. The number of hydrogen-bond acceptors (Lipinski definition) is 5. The molecule has 0 aromatic carbocycles. The summed E-state index contributed by atoms with van der Waals surface area (Å²) in [5, 5.41) is 0. The van der Waals surface area contributed by atoms with E-state index in [-0.39, 0.29) is 6.47 Å². The summed E-state index contributed by atoms with van der Waals surface area (Å²) >= 11 is 6.84. The summed E-state index contributed by atoms with van der Waals surface area (Å²) in [7, 11) is 0. The average molecular weight is 125 g/mol. The van der Waals surface area contributed by atoms with E-state index >= 15 is 0 Å². The SMILES string of the molecule is O=CON(S)S. The number of rotatable bonds is 2. The van der Waals surface area contributed by atoms with E-state index in [1.807, 2.05) is 0 Å². The molecule has 6 heavy (non-hydrogen) atoms. The molecule has 0 aliphatic carbocycles. The van der Waals surface area contributed by atoms with Gasteiger partial charge in [0.25, 0.3) is 0 Å². The lowest BCUT2D eigenvalue weighted by Gasteiger charge is -1.97. The molecule has 0 aromatic rings. The van der Waals surface area contributed by atoms with E-state index in [9.17, 15) is 4.79 Å². The number of nitrogens with zero attached hydrogens (tertiary/aromatic N) is 1. The van der Waals surface area contributed by atoms with Gasteiger partial charge in [0.1, 0.15) is 0 Å². The van der Waals surface area contributed by atoms with Gasteiger partial charge in [-0.1, -0.05) is 0 Å². The highest BCUT2D eigenvalue weighted by Gasteiger charge is 1.80. The summed E-state index contributed by atoms with van der Waals surface area (Å²) in [4.78, 5) is 13.2. The van der Waals surface area contributed by atoms with Crippen molar-refractivity contribution >= 4 is 32.1 Å². The van der Waals surface area contributed by atoms with Crippen LogP contribution in [0.4, 0.5) is 0 Å². The minimum absolute atomic E-state index is 0.222. The van der Waals surface area contributed by atoms with Gasteiger partial charge in [-0.3, -0.25) is 4.79 Å². The maximum atomic E-state index is 9.25. The molecule has 0 aliphatic heterocycles. The molecular weight excluding hydrogens is 122 g/mol. The fraction of sp³-hybridized carbons (Fsp3) is 0. The van der Waals surface area contributed by atoms with Crippen LogP contribution in [0.25, 0.3) is 0 Å². The van der Waals surface area contributed by atoms with E-state index in [0.717, 1.165) is 0 Å². The van der Waals surface area contributed by atoms with E-state index in [1.165, 1.54) is 0 Å². The molecule has 0 spiro atoms. The lowest BCUT2D eigenvalue weighted by molar-refractivity contribution is -0.139. The van der Waals surface area contributed by atoms with Gasteiger partial charge in [0.2, 0.25) is 0 Å². The largest absolute Gasteiger partial charge is 0.350 e. The summed E-state index contributed by atoms with van der Waals surface area (Å²) in [6.07, 6.45) is 0. The molecule has 0 rings (SSSR count). The molecule has 0 radical (unpaired) electrons. The number of hydrogen-bond donors (Lipinski definition) is 2. The third kappa shape index (κ3) is 4.13. The van der Waals surface area contributed by atoms with Crippen LogP contribution >= 0.6 is 25.6 Å². The van der Waals surface area contributed by atoms with Crippen LogP contribution in [0.5, 0.6) is 0 Å². The van der Waals surface area contributed by atoms with Crippen LogP contribution in [0.3, 0.4) is 0 Å². The van der Waals surface area contributed by atoms with Crippen molar-refractivity contribution in [3.8, 4) is 0 Å². The first-order valence-corrected chi connectivity index (χ1v) is 1.85. The maximum absolute atomic E-state index is 9.25. The predicted octanol–water partition coefficient (Wildman–Crippen LogP) is 0.0660. The molecule has 5 heteroatoms. The second-order valence-electron chi connectivity index (χ2n) is 0.454. The van der Waals surface area contributed by atoms with Crippen LogP contribution in [-0.2, 0) is 9.63 Å². The third-order valence-electron chi connectivity index (χ3n) is 0.137. The Bertz CT molecular complexity index is 46.8. The highest BCUT2D eigenvalue weighted by Crippen LogP contribution is 1.93. The predicted molar refractivity (Wildman–Crippen MR) is 27.0 cm³/mol. The standard InChI is InChI=1S/CH3NO2S2/c3-1-4-2(5)6/h1,5-6H. The Morgan fingerprint density at radius 1 is 1.67 bits per heavy atom. The zero-order chi connectivity index (χ0) is 4.99. The van der Waals surface area contributed by atoms with E-state index in [1.54, 1.807) is 0 Å². The van der Waals surface area contributed by atoms with Crippen molar-refractivity contribution in [3.63, 3.8) is 0 Å². The Kier molecular flexibility index (Phi) is 3.40. The van der Waals surface area contributed by atoms with Crippen molar-refractivity contribution in [1.82, 2.24) is 3.87 Å². The van der Waals surface area contributed by atoms with Crippen molar-refractivity contribution in [3.05, 3.63) is 0 Å². The molecular formula is CH3NO2S2. The Morgan fingerprint density at radius 2 is 2.17 bits per heavy atom. The van der Waals surface area contributed by atoms with Crippen LogP contribution in [-0.4, -0.2) is 10.3 Å². The van der Waals surface area contributed by atoms with Gasteiger partial charge < -0.3 is 4.84 Å². The Hall–Kier alpha value is 0.130. The van der Waals surface area contributed by atoms with E-state index in [0.29, 0.717) is 3.87 Å². The van der Waals surface area contributed by atoms with Crippen molar-refractivity contribution in [2.45, 2.75) is 0 Å². The molecule has 0 N–H and O–H groups in total. The molecule has 0 bridgehead atoms. The summed E-state index contributed by atoms with van der Waals surface area (Å²) in [6.45, 7) is 0.222. The highest BCUT2D eigenvalue weighted by molar-refractivity contribution is 7.93. The minimum atomic E-state index is 0.222. The summed E-state index contributed by atoms with van der Waals surface area (Å²) in [6, 6.07) is 0. The molecule has 0 heterocycles. The molecule has 0 aromatic heterocycles.